The average Bonchev–Trinajstić information content (AvgIpc) is 1.69. The quantitative estimate of drug-likeness (QED) is 0.271. The molecule has 0 heterocycles. The average molecular weight is 118 g/mol. The molecule has 0 aromatic carbocycles. The molecule has 8 heavy (non-hydrogen) atoms. The van der Waals surface area contributed by atoms with Crippen LogP contribution in [0.4, 0.5) is 0 Å². The van der Waals surface area contributed by atoms with Crippen molar-refractivity contribution in [3.63, 3.8) is 0 Å². The van der Waals surface area contributed by atoms with Crippen molar-refractivity contribution in [2.24, 2.45) is 5.73 Å². The maximum atomic E-state index is 9.79. The van der Waals surface area contributed by atoms with Crippen LogP contribution in [-0.2, 0) is 4.79 Å². The molecular formula is C3H6N2O3. The predicted octanol–water partition coefficient (Wildman–Crippen LogP) is -1.15. The van der Waals surface area contributed by atoms with Crippen LogP contribution in [0.25, 0.3) is 0 Å². The van der Waals surface area contributed by atoms with E-state index in [2.05, 4.69) is 0 Å². The molecule has 0 rings (SSSR count). The number of hydrogen-bond acceptors (Lipinski definition) is 4. The molecule has 0 atom stereocenters. The summed E-state index contributed by atoms with van der Waals surface area (Å²) >= 11 is 0. The smallest absolute Gasteiger partial charge is 0.355 e. The second-order valence-electron chi connectivity index (χ2n) is 0.997. The Labute approximate surface area is 45.4 Å². The van der Waals surface area contributed by atoms with Gasteiger partial charge in [-0.2, -0.15) is 0 Å². The van der Waals surface area contributed by atoms with Gasteiger partial charge < -0.3 is 10.8 Å². The van der Waals surface area contributed by atoms with Gasteiger partial charge in [0.1, 0.15) is 0 Å². The van der Waals surface area contributed by atoms with Gasteiger partial charge in [0.05, 0.1) is 0 Å². The van der Waals surface area contributed by atoms with E-state index in [1.54, 1.807) is 0 Å². The Hall–Kier alpha value is -1.23. The Balaban J connectivity index is 3.92. The van der Waals surface area contributed by atoms with Crippen LogP contribution in [0.2, 0.25) is 0 Å². The fourth-order valence-corrected chi connectivity index (χ4v) is 0.156. The highest BCUT2D eigenvalue weighted by Crippen LogP contribution is 1.79. The van der Waals surface area contributed by atoms with Gasteiger partial charge in [-0.1, -0.05) is 0 Å². The molecule has 0 bridgehead atoms. The molecule has 0 spiro atoms. The topological polar surface area (TPSA) is 95.6 Å². The minimum atomic E-state index is -1.30. The molecule has 5 nitrogen and oxygen atoms in total. The van der Waals surface area contributed by atoms with Crippen molar-refractivity contribution in [2.45, 2.75) is 0 Å². The number of hydroxylamine groups is 1. The highest BCUT2D eigenvalue weighted by atomic mass is 16.5. The zero-order valence-electron chi connectivity index (χ0n) is 3.96. The van der Waals surface area contributed by atoms with Gasteiger partial charge in [-0.3, -0.25) is 10.7 Å². The Kier molecular flexibility index (Phi) is 2.42. The SMILES string of the molecule is N/C=C(\NO)C(=O)O. The molecule has 46 valence electrons. The van der Waals surface area contributed by atoms with Crippen molar-refractivity contribution in [3.05, 3.63) is 11.9 Å². The van der Waals surface area contributed by atoms with E-state index in [9.17, 15) is 4.79 Å². The number of hydrogen-bond donors (Lipinski definition) is 4. The number of nitrogens with two attached hydrogens (primary N) is 1. The molecule has 0 aliphatic rings. The lowest BCUT2D eigenvalue weighted by Crippen LogP contribution is -2.17. The van der Waals surface area contributed by atoms with Gasteiger partial charge in [0.2, 0.25) is 0 Å². The lowest BCUT2D eigenvalue weighted by molar-refractivity contribution is -0.134. The van der Waals surface area contributed by atoms with Crippen molar-refractivity contribution in [3.8, 4) is 0 Å². The molecule has 0 unspecified atom stereocenters. The predicted molar refractivity (Wildman–Crippen MR) is 24.8 cm³/mol. The Bertz CT molecular complexity index is 120. The minimum absolute atomic E-state index is 0.440. The van der Waals surface area contributed by atoms with E-state index in [0.29, 0.717) is 0 Å². The molecule has 0 aromatic rings. The number of rotatable bonds is 2. The second-order valence-corrected chi connectivity index (χ2v) is 0.997. The van der Waals surface area contributed by atoms with E-state index in [-0.39, 0.29) is 0 Å². The Morgan fingerprint density at radius 3 is 2.25 bits per heavy atom. The maximum Gasteiger partial charge on any atom is 0.355 e. The van der Waals surface area contributed by atoms with Gasteiger partial charge in [0.15, 0.2) is 5.70 Å². The van der Waals surface area contributed by atoms with Gasteiger partial charge in [0, 0.05) is 6.20 Å². The van der Waals surface area contributed by atoms with E-state index >= 15 is 0 Å². The summed E-state index contributed by atoms with van der Waals surface area (Å²) in [5.74, 6) is -1.30. The van der Waals surface area contributed by atoms with Crippen molar-refractivity contribution in [1.82, 2.24) is 5.48 Å². The number of carboxylic acids is 1. The van der Waals surface area contributed by atoms with Gasteiger partial charge in [-0.05, 0) is 0 Å². The highest BCUT2D eigenvalue weighted by molar-refractivity contribution is 5.85. The van der Waals surface area contributed by atoms with Crippen LogP contribution in [0.3, 0.4) is 0 Å². The Morgan fingerprint density at radius 1 is 1.75 bits per heavy atom. The first-order valence-electron chi connectivity index (χ1n) is 1.77. The third-order valence-electron chi connectivity index (χ3n) is 0.518. The summed E-state index contributed by atoms with van der Waals surface area (Å²) < 4.78 is 0. The fourth-order valence-electron chi connectivity index (χ4n) is 0.156. The van der Waals surface area contributed by atoms with Crippen LogP contribution < -0.4 is 11.2 Å². The van der Waals surface area contributed by atoms with Crippen molar-refractivity contribution >= 4 is 5.97 Å². The summed E-state index contributed by atoms with van der Waals surface area (Å²) in [6, 6.07) is 0. The molecule has 0 saturated heterocycles. The van der Waals surface area contributed by atoms with Gasteiger partial charge in [0.25, 0.3) is 0 Å². The Morgan fingerprint density at radius 2 is 2.25 bits per heavy atom. The molecule has 0 fully saturated rings. The summed E-state index contributed by atoms with van der Waals surface area (Å²) in [7, 11) is 0. The number of carbonyl (C=O) groups is 1. The normalized spacial score (nSPS) is 10.9. The van der Waals surface area contributed by atoms with Crippen LogP contribution in [0, 0.1) is 0 Å². The zero-order valence-corrected chi connectivity index (χ0v) is 3.96. The lowest BCUT2D eigenvalue weighted by atomic mass is 10.5. The first kappa shape index (κ1) is 6.77. The molecule has 5 N–H and O–H groups in total. The summed E-state index contributed by atoms with van der Waals surface area (Å²) in [5.41, 5.74) is 5.67. The lowest BCUT2D eigenvalue weighted by Gasteiger charge is -1.93. The summed E-state index contributed by atoms with van der Waals surface area (Å²) in [6.07, 6.45) is 0.752. The molecule has 0 aromatic heterocycles. The molecule has 0 aliphatic carbocycles. The molecule has 5 heteroatoms. The van der Waals surface area contributed by atoms with E-state index in [0.717, 1.165) is 6.20 Å². The second kappa shape index (κ2) is 2.86. The number of nitrogens with one attached hydrogen (secondary N) is 1. The molecule has 0 aliphatic heterocycles. The number of aliphatic carboxylic acids is 1. The molecule has 0 saturated carbocycles. The standard InChI is InChI=1S/C3H6N2O3/c4-1-2(5-8)3(6)7/h1,5,8H,4H2,(H,6,7)/b2-1-. The monoisotopic (exact) mass is 118 g/mol. The number of carboxylic acid groups (broad SMARTS) is 1. The molecule has 0 amide bonds. The van der Waals surface area contributed by atoms with Gasteiger partial charge in [-0.25, -0.2) is 4.79 Å². The van der Waals surface area contributed by atoms with Gasteiger partial charge >= 0.3 is 5.97 Å². The zero-order chi connectivity index (χ0) is 6.57. The van der Waals surface area contributed by atoms with Crippen molar-refractivity contribution in [1.29, 1.82) is 0 Å². The summed E-state index contributed by atoms with van der Waals surface area (Å²) in [6.45, 7) is 0. The van der Waals surface area contributed by atoms with E-state index in [1.807, 2.05) is 0 Å². The highest BCUT2D eigenvalue weighted by Gasteiger charge is 2.01. The third-order valence-corrected chi connectivity index (χ3v) is 0.518. The maximum absolute atomic E-state index is 9.79. The third kappa shape index (κ3) is 1.48. The summed E-state index contributed by atoms with van der Waals surface area (Å²) in [4.78, 5) is 9.79. The van der Waals surface area contributed by atoms with Crippen molar-refractivity contribution < 1.29 is 15.1 Å². The molecule has 0 radical (unpaired) electrons. The van der Waals surface area contributed by atoms with Crippen LogP contribution >= 0.6 is 0 Å². The van der Waals surface area contributed by atoms with E-state index in [1.165, 1.54) is 5.48 Å². The van der Waals surface area contributed by atoms with Crippen LogP contribution in [0.5, 0.6) is 0 Å². The fraction of sp³-hybridized carbons (Fsp3) is 0. The minimum Gasteiger partial charge on any atom is -0.476 e. The van der Waals surface area contributed by atoms with Gasteiger partial charge in [-0.15, -0.1) is 0 Å². The first-order valence-corrected chi connectivity index (χ1v) is 1.77. The van der Waals surface area contributed by atoms with E-state index in [4.69, 9.17) is 16.0 Å². The van der Waals surface area contributed by atoms with Crippen LogP contribution in [-0.4, -0.2) is 16.3 Å². The first-order chi connectivity index (χ1) is 3.72. The summed E-state index contributed by atoms with van der Waals surface area (Å²) in [5, 5.41) is 15.9. The van der Waals surface area contributed by atoms with Crippen LogP contribution in [0.1, 0.15) is 0 Å². The molecular weight excluding hydrogens is 112 g/mol. The van der Waals surface area contributed by atoms with Crippen molar-refractivity contribution in [2.75, 3.05) is 0 Å². The largest absolute Gasteiger partial charge is 0.476 e. The van der Waals surface area contributed by atoms with E-state index < -0.39 is 11.7 Å². The van der Waals surface area contributed by atoms with Crippen LogP contribution in [0.15, 0.2) is 11.9 Å².